The number of ether oxygens (including phenoxy) is 1. The van der Waals surface area contributed by atoms with Gasteiger partial charge in [-0.2, -0.15) is 0 Å². The van der Waals surface area contributed by atoms with Crippen molar-refractivity contribution < 1.29 is 4.74 Å². The molecule has 0 saturated carbocycles. The second-order valence-electron chi connectivity index (χ2n) is 6.13. The Labute approximate surface area is 145 Å². The Hall–Kier alpha value is -1.94. The molecule has 2 aromatic carbocycles. The number of nitrogens with two attached hydrogens (primary N) is 1. The maximum Gasteiger partial charge on any atom is 0.119 e. The van der Waals surface area contributed by atoms with Crippen LogP contribution in [0.2, 0.25) is 0 Å². The predicted octanol–water partition coefficient (Wildman–Crippen LogP) is 3.93. The van der Waals surface area contributed by atoms with E-state index in [4.69, 9.17) is 10.5 Å². The third-order valence-electron chi connectivity index (χ3n) is 4.05. The van der Waals surface area contributed by atoms with E-state index in [1.165, 1.54) is 11.1 Å². The lowest BCUT2D eigenvalue weighted by Gasteiger charge is -2.28. The van der Waals surface area contributed by atoms with Gasteiger partial charge in [0, 0.05) is 11.0 Å². The minimum atomic E-state index is -0.260. The SMILES string of the molecule is CC(C)Oc1ccc(C2(c3cccc(Br)c3)C=C(N)NC2)cc1. The van der Waals surface area contributed by atoms with E-state index in [-0.39, 0.29) is 11.5 Å². The van der Waals surface area contributed by atoms with Gasteiger partial charge in [-0.1, -0.05) is 40.2 Å². The number of nitrogens with one attached hydrogen (secondary N) is 1. The first-order valence-electron chi connectivity index (χ1n) is 7.75. The van der Waals surface area contributed by atoms with E-state index < -0.39 is 0 Å². The normalized spacial score (nSPS) is 20.3. The summed E-state index contributed by atoms with van der Waals surface area (Å²) in [7, 11) is 0. The van der Waals surface area contributed by atoms with Gasteiger partial charge in [0.25, 0.3) is 0 Å². The van der Waals surface area contributed by atoms with Crippen LogP contribution < -0.4 is 15.8 Å². The Morgan fingerprint density at radius 3 is 2.43 bits per heavy atom. The summed E-state index contributed by atoms with van der Waals surface area (Å²) in [4.78, 5) is 0. The van der Waals surface area contributed by atoms with E-state index in [0.717, 1.165) is 16.8 Å². The van der Waals surface area contributed by atoms with Gasteiger partial charge in [-0.25, -0.2) is 0 Å². The Morgan fingerprint density at radius 2 is 1.87 bits per heavy atom. The molecule has 120 valence electrons. The van der Waals surface area contributed by atoms with Gasteiger partial charge < -0.3 is 15.8 Å². The molecular formula is C19H21BrN2O. The van der Waals surface area contributed by atoms with Gasteiger partial charge in [-0.05, 0) is 55.3 Å². The minimum Gasteiger partial charge on any atom is -0.491 e. The molecule has 0 bridgehead atoms. The molecule has 1 heterocycles. The van der Waals surface area contributed by atoms with E-state index in [9.17, 15) is 0 Å². The van der Waals surface area contributed by atoms with Crippen LogP contribution in [0.5, 0.6) is 5.75 Å². The number of hydrogen-bond acceptors (Lipinski definition) is 3. The highest BCUT2D eigenvalue weighted by molar-refractivity contribution is 9.10. The van der Waals surface area contributed by atoms with E-state index in [2.05, 4.69) is 57.7 Å². The molecule has 3 N–H and O–H groups in total. The molecule has 1 atom stereocenters. The third-order valence-corrected chi connectivity index (χ3v) is 4.55. The molecule has 0 amide bonds. The summed E-state index contributed by atoms with van der Waals surface area (Å²) >= 11 is 3.57. The van der Waals surface area contributed by atoms with Crippen molar-refractivity contribution in [3.05, 3.63) is 76.0 Å². The standard InChI is InChI=1S/C19H21BrN2O/c1-13(2)23-17-8-6-14(7-9-17)19(11-18(21)22-12-19)15-4-3-5-16(20)10-15/h3-11,13,22H,12,21H2,1-2H3. The highest BCUT2D eigenvalue weighted by atomic mass is 79.9. The first-order chi connectivity index (χ1) is 11.0. The van der Waals surface area contributed by atoms with Crippen LogP contribution >= 0.6 is 15.9 Å². The summed E-state index contributed by atoms with van der Waals surface area (Å²) in [5.41, 5.74) is 8.17. The highest BCUT2D eigenvalue weighted by Gasteiger charge is 2.36. The first kappa shape index (κ1) is 15.9. The summed E-state index contributed by atoms with van der Waals surface area (Å²) in [6.45, 7) is 4.81. The maximum atomic E-state index is 6.03. The first-order valence-corrected chi connectivity index (χ1v) is 8.54. The largest absolute Gasteiger partial charge is 0.491 e. The lowest BCUT2D eigenvalue weighted by Crippen LogP contribution is -2.31. The highest BCUT2D eigenvalue weighted by Crippen LogP contribution is 2.38. The Balaban J connectivity index is 2.04. The molecule has 0 aliphatic carbocycles. The molecule has 0 spiro atoms. The lowest BCUT2D eigenvalue weighted by atomic mass is 9.75. The van der Waals surface area contributed by atoms with Crippen LogP contribution in [-0.4, -0.2) is 12.6 Å². The number of hydrogen-bond donors (Lipinski definition) is 2. The van der Waals surface area contributed by atoms with Crippen LogP contribution in [-0.2, 0) is 5.41 Å². The van der Waals surface area contributed by atoms with Crippen molar-refractivity contribution in [1.82, 2.24) is 5.32 Å². The van der Waals surface area contributed by atoms with Crippen molar-refractivity contribution in [2.24, 2.45) is 5.73 Å². The topological polar surface area (TPSA) is 47.3 Å². The fourth-order valence-corrected chi connectivity index (χ4v) is 3.41. The molecule has 0 radical (unpaired) electrons. The molecular weight excluding hydrogens is 352 g/mol. The summed E-state index contributed by atoms with van der Waals surface area (Å²) in [5.74, 6) is 1.60. The minimum absolute atomic E-state index is 0.170. The molecule has 4 heteroatoms. The molecule has 0 aromatic heterocycles. The Morgan fingerprint density at radius 1 is 1.13 bits per heavy atom. The Bertz CT molecular complexity index is 724. The summed E-state index contributed by atoms with van der Waals surface area (Å²) in [5, 5.41) is 3.27. The molecule has 3 nitrogen and oxygen atoms in total. The molecule has 23 heavy (non-hydrogen) atoms. The van der Waals surface area contributed by atoms with Gasteiger partial charge in [-0.3, -0.25) is 0 Å². The predicted molar refractivity (Wildman–Crippen MR) is 97.4 cm³/mol. The third kappa shape index (κ3) is 3.22. The molecule has 1 aliphatic heterocycles. The van der Waals surface area contributed by atoms with E-state index in [0.29, 0.717) is 5.82 Å². The summed E-state index contributed by atoms with van der Waals surface area (Å²) in [6.07, 6.45) is 2.27. The average Bonchev–Trinajstić information content (AvgIpc) is 2.91. The van der Waals surface area contributed by atoms with Crippen LogP contribution in [0.25, 0.3) is 0 Å². The van der Waals surface area contributed by atoms with Crippen molar-refractivity contribution in [2.45, 2.75) is 25.4 Å². The monoisotopic (exact) mass is 372 g/mol. The molecule has 0 saturated heterocycles. The number of halogens is 1. The van der Waals surface area contributed by atoms with Crippen LogP contribution in [0.4, 0.5) is 0 Å². The van der Waals surface area contributed by atoms with Gasteiger partial charge in [0.15, 0.2) is 0 Å². The summed E-state index contributed by atoms with van der Waals surface area (Å²) < 4.78 is 6.81. The lowest BCUT2D eigenvalue weighted by molar-refractivity contribution is 0.242. The van der Waals surface area contributed by atoms with Gasteiger partial charge >= 0.3 is 0 Å². The van der Waals surface area contributed by atoms with Crippen molar-refractivity contribution in [3.8, 4) is 5.75 Å². The van der Waals surface area contributed by atoms with Gasteiger partial charge in [-0.15, -0.1) is 0 Å². The molecule has 2 aromatic rings. The number of benzene rings is 2. The van der Waals surface area contributed by atoms with Crippen LogP contribution in [0, 0.1) is 0 Å². The van der Waals surface area contributed by atoms with E-state index >= 15 is 0 Å². The van der Waals surface area contributed by atoms with Gasteiger partial charge in [0.05, 0.1) is 17.3 Å². The fraction of sp³-hybridized carbons (Fsp3) is 0.263. The Kier molecular flexibility index (Phi) is 4.35. The van der Waals surface area contributed by atoms with Crippen LogP contribution in [0.1, 0.15) is 25.0 Å². The van der Waals surface area contributed by atoms with Crippen LogP contribution in [0.3, 0.4) is 0 Å². The average molecular weight is 373 g/mol. The van der Waals surface area contributed by atoms with Gasteiger partial charge in [0.2, 0.25) is 0 Å². The summed E-state index contributed by atoms with van der Waals surface area (Å²) in [6, 6.07) is 16.7. The molecule has 1 aliphatic rings. The van der Waals surface area contributed by atoms with Crippen molar-refractivity contribution >= 4 is 15.9 Å². The fourth-order valence-electron chi connectivity index (χ4n) is 3.02. The van der Waals surface area contributed by atoms with Crippen molar-refractivity contribution in [3.63, 3.8) is 0 Å². The van der Waals surface area contributed by atoms with E-state index in [1.807, 2.05) is 32.0 Å². The molecule has 1 unspecified atom stereocenters. The zero-order valence-electron chi connectivity index (χ0n) is 13.3. The maximum absolute atomic E-state index is 6.03. The quantitative estimate of drug-likeness (QED) is 0.854. The number of rotatable bonds is 4. The van der Waals surface area contributed by atoms with Crippen molar-refractivity contribution in [2.75, 3.05) is 6.54 Å². The molecule has 0 fully saturated rings. The van der Waals surface area contributed by atoms with Crippen LogP contribution in [0.15, 0.2) is 64.9 Å². The second kappa shape index (κ2) is 6.28. The second-order valence-corrected chi connectivity index (χ2v) is 7.04. The molecule has 3 rings (SSSR count). The van der Waals surface area contributed by atoms with Crippen molar-refractivity contribution in [1.29, 1.82) is 0 Å². The zero-order valence-corrected chi connectivity index (χ0v) is 14.9. The van der Waals surface area contributed by atoms with E-state index in [1.54, 1.807) is 0 Å². The smallest absolute Gasteiger partial charge is 0.119 e. The zero-order chi connectivity index (χ0) is 16.4. The van der Waals surface area contributed by atoms with Gasteiger partial charge in [0.1, 0.15) is 5.75 Å².